The van der Waals surface area contributed by atoms with Crippen molar-refractivity contribution in [3.05, 3.63) is 70.7 Å². The molecule has 0 N–H and O–H groups in total. The van der Waals surface area contributed by atoms with E-state index in [4.69, 9.17) is 9.47 Å². The number of ether oxygens (including phenoxy) is 2. The van der Waals surface area contributed by atoms with Gasteiger partial charge in [0.2, 0.25) is 6.10 Å². The summed E-state index contributed by atoms with van der Waals surface area (Å²) in [5.41, 5.74) is 0.991. The van der Waals surface area contributed by atoms with Gasteiger partial charge in [0.25, 0.3) is 0 Å². The molecule has 1 unspecified atom stereocenters. The van der Waals surface area contributed by atoms with Crippen molar-refractivity contribution in [2.24, 2.45) is 0 Å². The first-order valence-electron chi connectivity index (χ1n) is 6.42. The van der Waals surface area contributed by atoms with Crippen LogP contribution in [0.5, 0.6) is 5.75 Å². The Morgan fingerprint density at radius 2 is 1.76 bits per heavy atom. The van der Waals surface area contributed by atoms with E-state index >= 15 is 0 Å². The molecule has 0 radical (unpaired) electrons. The van der Waals surface area contributed by atoms with Crippen molar-refractivity contribution in [1.29, 1.82) is 0 Å². The Bertz CT molecular complexity index is 606. The summed E-state index contributed by atoms with van der Waals surface area (Å²) >= 11 is 3.35. The number of hydrogen-bond donors (Lipinski definition) is 0. The molecule has 0 bridgehead atoms. The minimum absolute atomic E-state index is 0.440. The fourth-order valence-electron chi connectivity index (χ4n) is 1.70. The van der Waals surface area contributed by atoms with Crippen molar-refractivity contribution in [2.75, 3.05) is 7.11 Å². The fourth-order valence-corrected chi connectivity index (χ4v) is 1.97. The van der Waals surface area contributed by atoms with Crippen molar-refractivity contribution in [2.45, 2.75) is 6.10 Å². The minimum Gasteiger partial charge on any atom is -0.475 e. The highest BCUT2D eigenvalue weighted by atomic mass is 79.9. The minimum atomic E-state index is -0.781. The lowest BCUT2D eigenvalue weighted by atomic mass is 10.2. The molecule has 0 aliphatic carbocycles. The molecule has 3 nitrogen and oxygen atoms in total. The molecule has 0 aromatic heterocycles. The lowest BCUT2D eigenvalue weighted by Crippen LogP contribution is -2.26. The largest absolute Gasteiger partial charge is 0.475 e. The summed E-state index contributed by atoms with van der Waals surface area (Å²) in [7, 11) is 1.34. The van der Waals surface area contributed by atoms with Gasteiger partial charge in [0, 0.05) is 4.47 Å². The average Bonchev–Trinajstić information content (AvgIpc) is 2.53. The van der Waals surface area contributed by atoms with E-state index < -0.39 is 12.1 Å². The van der Waals surface area contributed by atoms with Gasteiger partial charge < -0.3 is 9.47 Å². The van der Waals surface area contributed by atoms with E-state index in [9.17, 15) is 4.79 Å². The maximum atomic E-state index is 11.8. The number of esters is 1. The first-order valence-corrected chi connectivity index (χ1v) is 7.21. The monoisotopic (exact) mass is 346 g/mol. The average molecular weight is 347 g/mol. The molecular formula is C17H15BrO3. The Kier molecular flexibility index (Phi) is 5.58. The van der Waals surface area contributed by atoms with E-state index in [2.05, 4.69) is 15.9 Å². The van der Waals surface area contributed by atoms with Gasteiger partial charge in [0.15, 0.2) is 0 Å². The Balaban J connectivity index is 2.13. The van der Waals surface area contributed by atoms with Crippen LogP contribution in [0.1, 0.15) is 5.56 Å². The van der Waals surface area contributed by atoms with Crippen LogP contribution >= 0.6 is 15.9 Å². The number of halogens is 1. The van der Waals surface area contributed by atoms with Crippen LogP contribution in [-0.2, 0) is 9.53 Å². The number of rotatable bonds is 5. The summed E-state index contributed by atoms with van der Waals surface area (Å²) < 4.78 is 11.4. The van der Waals surface area contributed by atoms with E-state index in [0.29, 0.717) is 5.75 Å². The summed E-state index contributed by atoms with van der Waals surface area (Å²) in [5, 5.41) is 0. The first kappa shape index (κ1) is 15.3. The van der Waals surface area contributed by atoms with Crippen LogP contribution in [0.2, 0.25) is 0 Å². The maximum Gasteiger partial charge on any atom is 0.351 e. The lowest BCUT2D eigenvalue weighted by Gasteiger charge is -2.13. The van der Waals surface area contributed by atoms with E-state index in [1.807, 2.05) is 48.5 Å². The van der Waals surface area contributed by atoms with Gasteiger partial charge in [-0.05, 0) is 35.9 Å². The van der Waals surface area contributed by atoms with Crippen LogP contribution in [0.25, 0.3) is 6.08 Å². The summed E-state index contributed by atoms with van der Waals surface area (Å²) in [6, 6.07) is 17.0. The first-order chi connectivity index (χ1) is 10.2. The molecular weight excluding hydrogens is 332 g/mol. The van der Waals surface area contributed by atoms with E-state index in [0.717, 1.165) is 10.0 Å². The van der Waals surface area contributed by atoms with E-state index in [1.54, 1.807) is 18.2 Å². The van der Waals surface area contributed by atoms with E-state index in [1.165, 1.54) is 7.11 Å². The molecule has 0 spiro atoms. The molecule has 0 heterocycles. The SMILES string of the molecule is COC(=O)C(/C=C/c1ccccc1)Oc1ccc(Br)cc1. The van der Waals surface area contributed by atoms with Crippen LogP contribution in [0, 0.1) is 0 Å². The van der Waals surface area contributed by atoms with Gasteiger partial charge in [-0.25, -0.2) is 4.79 Å². The Labute approximate surface area is 132 Å². The zero-order valence-corrected chi connectivity index (χ0v) is 13.1. The summed E-state index contributed by atoms with van der Waals surface area (Å²) in [5.74, 6) is 0.163. The molecule has 0 saturated heterocycles. The zero-order valence-electron chi connectivity index (χ0n) is 11.5. The number of benzene rings is 2. The Hall–Kier alpha value is -2.07. The third-order valence-electron chi connectivity index (χ3n) is 2.77. The molecule has 108 valence electrons. The highest BCUT2D eigenvalue weighted by Gasteiger charge is 2.17. The smallest absolute Gasteiger partial charge is 0.351 e. The van der Waals surface area contributed by atoms with Gasteiger partial charge in [0.1, 0.15) is 5.75 Å². The predicted octanol–water partition coefficient (Wildman–Crippen LogP) is 4.08. The Morgan fingerprint density at radius 1 is 1.10 bits per heavy atom. The quantitative estimate of drug-likeness (QED) is 0.765. The predicted molar refractivity (Wildman–Crippen MR) is 86.1 cm³/mol. The van der Waals surface area contributed by atoms with Gasteiger partial charge >= 0.3 is 5.97 Å². The van der Waals surface area contributed by atoms with Crippen LogP contribution in [0.4, 0.5) is 0 Å². The molecule has 0 saturated carbocycles. The highest BCUT2D eigenvalue weighted by Crippen LogP contribution is 2.18. The second-order valence-electron chi connectivity index (χ2n) is 4.29. The summed E-state index contributed by atoms with van der Waals surface area (Å²) in [6.45, 7) is 0. The topological polar surface area (TPSA) is 35.5 Å². The van der Waals surface area contributed by atoms with Gasteiger partial charge in [-0.2, -0.15) is 0 Å². The molecule has 21 heavy (non-hydrogen) atoms. The molecule has 0 amide bonds. The van der Waals surface area contributed by atoms with Crippen LogP contribution in [0.15, 0.2) is 65.1 Å². The molecule has 2 rings (SSSR count). The van der Waals surface area contributed by atoms with Crippen molar-refractivity contribution in [1.82, 2.24) is 0 Å². The molecule has 0 fully saturated rings. The maximum absolute atomic E-state index is 11.8. The number of hydrogen-bond acceptors (Lipinski definition) is 3. The highest BCUT2D eigenvalue weighted by molar-refractivity contribution is 9.10. The van der Waals surface area contributed by atoms with Gasteiger partial charge in [0.05, 0.1) is 7.11 Å². The van der Waals surface area contributed by atoms with Crippen LogP contribution in [0.3, 0.4) is 0 Å². The normalized spacial score (nSPS) is 12.1. The molecule has 2 aromatic rings. The Morgan fingerprint density at radius 3 is 2.38 bits per heavy atom. The third-order valence-corrected chi connectivity index (χ3v) is 3.30. The molecule has 1 atom stereocenters. The molecule has 0 aliphatic rings. The standard InChI is InChI=1S/C17H15BrO3/c1-20-17(19)16(12-7-13-5-3-2-4-6-13)21-15-10-8-14(18)9-11-15/h2-12,16H,1H3/b12-7+. The lowest BCUT2D eigenvalue weighted by molar-refractivity contribution is -0.146. The number of carbonyl (C=O) groups excluding carboxylic acids is 1. The van der Waals surface area contributed by atoms with Gasteiger partial charge in [-0.15, -0.1) is 0 Å². The molecule has 4 heteroatoms. The number of carbonyl (C=O) groups is 1. The van der Waals surface area contributed by atoms with Crippen LogP contribution in [-0.4, -0.2) is 19.2 Å². The van der Waals surface area contributed by atoms with Crippen molar-refractivity contribution in [3.63, 3.8) is 0 Å². The molecule has 0 aliphatic heterocycles. The molecule has 2 aromatic carbocycles. The van der Waals surface area contributed by atoms with Crippen LogP contribution < -0.4 is 4.74 Å². The van der Waals surface area contributed by atoms with Crippen molar-refractivity contribution < 1.29 is 14.3 Å². The summed E-state index contributed by atoms with van der Waals surface area (Å²) in [4.78, 5) is 11.8. The van der Waals surface area contributed by atoms with Crippen molar-refractivity contribution in [3.8, 4) is 5.75 Å². The van der Waals surface area contributed by atoms with Gasteiger partial charge in [-0.1, -0.05) is 52.3 Å². The van der Waals surface area contributed by atoms with E-state index in [-0.39, 0.29) is 0 Å². The second-order valence-corrected chi connectivity index (χ2v) is 5.20. The van der Waals surface area contributed by atoms with Gasteiger partial charge in [-0.3, -0.25) is 0 Å². The summed E-state index contributed by atoms with van der Waals surface area (Å²) in [6.07, 6.45) is 2.74. The fraction of sp³-hybridized carbons (Fsp3) is 0.118. The number of methoxy groups -OCH3 is 1. The third kappa shape index (κ3) is 4.76. The van der Waals surface area contributed by atoms with Crippen molar-refractivity contribution >= 4 is 28.0 Å². The zero-order chi connectivity index (χ0) is 15.1. The second kappa shape index (κ2) is 7.64.